The van der Waals surface area contributed by atoms with E-state index in [1.54, 1.807) is 36.3 Å². The molecule has 6 aromatic heterocycles. The molecule has 1 aliphatic rings. The molecule has 0 bridgehead atoms. The Bertz CT molecular complexity index is 3380. The molecular formula is C62H84N10O7S4. The summed E-state index contributed by atoms with van der Waals surface area (Å²) in [5, 5.41) is 41.2. The normalized spacial score (nSPS) is 12.6. The van der Waals surface area contributed by atoms with Crippen LogP contribution in [0, 0.1) is 34.0 Å². The van der Waals surface area contributed by atoms with Gasteiger partial charge in [-0.2, -0.15) is 20.8 Å². The standard InChI is InChI=1S/C16H23N3O3S.C14H18N2O2.C12H16N2OS.C10H12N2OS.C9H11NS.CH4/c1-16(2,3)13-10-12(11-17)14(23-13)18-15(20)22-9-6-19-4-7-21-8-5-19;1-14(2,3)13-15-12(18-16-13)9-10-6-5-7-11(8-10)17-4;1-5-10(15)14-11-8(7-13)6-9(16-11)12(2,3)4;1-10(2,3)12-6-11-7-4-5-14-8(7)9(12)13;1-9(2,3)8-4-7(5-10)6-11-8;/h10H,4-9H2,1-3H3,(H,18,20);5-8H,9H2,1-4H3;6H,5H2,1-4H3,(H,14,15);4-6H,1-3H3;4,6H,1-3H3;1H4. The first kappa shape index (κ1) is 70.5. The van der Waals surface area contributed by atoms with Gasteiger partial charge in [-0.15, -0.1) is 45.3 Å². The fraction of sp³-hybridized carbons (Fsp3) is 0.500. The zero-order valence-corrected chi connectivity index (χ0v) is 53.8. The predicted molar refractivity (Wildman–Crippen MR) is 339 cm³/mol. The molecule has 0 spiro atoms. The van der Waals surface area contributed by atoms with Crippen molar-refractivity contribution < 1.29 is 28.3 Å². The molecular weight excluding hydrogens is 1130 g/mol. The number of rotatable bonds is 9. The Morgan fingerprint density at radius 2 is 1.35 bits per heavy atom. The van der Waals surface area contributed by atoms with E-state index >= 15 is 0 Å². The van der Waals surface area contributed by atoms with Gasteiger partial charge in [0.05, 0.1) is 55.3 Å². The number of benzene rings is 1. The Labute approximate surface area is 507 Å². The number of nitrogens with zero attached hydrogens (tertiary/aromatic N) is 8. The average molecular weight is 1210 g/mol. The third kappa shape index (κ3) is 22.4. The summed E-state index contributed by atoms with van der Waals surface area (Å²) >= 11 is 6.01. The fourth-order valence-corrected chi connectivity index (χ4v) is 10.8. The molecule has 1 fully saturated rings. The van der Waals surface area contributed by atoms with Crippen molar-refractivity contribution in [1.29, 1.82) is 15.8 Å². The summed E-state index contributed by atoms with van der Waals surface area (Å²) in [6.07, 6.45) is 2.16. The minimum absolute atomic E-state index is 0. The zero-order valence-electron chi connectivity index (χ0n) is 50.6. The van der Waals surface area contributed by atoms with Crippen LogP contribution in [-0.2, 0) is 47.9 Å². The highest BCUT2D eigenvalue weighted by atomic mass is 32.1. The van der Waals surface area contributed by atoms with Crippen LogP contribution in [0.3, 0.4) is 0 Å². The minimum atomic E-state index is -0.517. The number of nitriles is 3. The molecule has 17 nitrogen and oxygen atoms in total. The summed E-state index contributed by atoms with van der Waals surface area (Å²) in [7, 11) is 1.66. The second-order valence-corrected chi connectivity index (χ2v) is 28.1. The molecule has 1 aromatic carbocycles. The maximum Gasteiger partial charge on any atom is 0.412 e. The lowest BCUT2D eigenvalue weighted by Gasteiger charge is -2.26. The van der Waals surface area contributed by atoms with E-state index in [4.69, 9.17) is 29.3 Å². The summed E-state index contributed by atoms with van der Waals surface area (Å²) in [6, 6.07) is 21.7. The number of anilines is 2. The van der Waals surface area contributed by atoms with Crippen molar-refractivity contribution in [2.24, 2.45) is 0 Å². The van der Waals surface area contributed by atoms with E-state index in [-0.39, 0.29) is 46.1 Å². The second kappa shape index (κ2) is 31.2. The van der Waals surface area contributed by atoms with E-state index in [0.29, 0.717) is 53.0 Å². The monoisotopic (exact) mass is 1210 g/mol. The number of nitrogens with one attached hydrogen (secondary N) is 2. The van der Waals surface area contributed by atoms with E-state index in [0.717, 1.165) is 69.0 Å². The number of methoxy groups -OCH3 is 1. The molecule has 0 atom stereocenters. The lowest BCUT2D eigenvalue weighted by molar-refractivity contribution is -0.115. The number of carbonyl (C=O) groups excluding carboxylic acids is 2. The number of amides is 2. The van der Waals surface area contributed by atoms with Crippen molar-refractivity contribution >= 4 is 77.6 Å². The molecule has 1 saturated heterocycles. The first-order chi connectivity index (χ1) is 38.3. The van der Waals surface area contributed by atoms with Crippen LogP contribution in [0.2, 0.25) is 0 Å². The molecule has 0 aliphatic carbocycles. The van der Waals surface area contributed by atoms with E-state index in [9.17, 15) is 19.6 Å². The van der Waals surface area contributed by atoms with Crippen LogP contribution in [0.25, 0.3) is 10.2 Å². The summed E-state index contributed by atoms with van der Waals surface area (Å²) in [4.78, 5) is 49.4. The molecule has 7 aromatic rings. The Balaban J connectivity index is 0.000000277. The Morgan fingerprint density at radius 1 is 0.759 bits per heavy atom. The van der Waals surface area contributed by atoms with Gasteiger partial charge in [-0.25, -0.2) is 9.78 Å². The van der Waals surface area contributed by atoms with E-state index in [2.05, 4.69) is 132 Å². The quantitative estimate of drug-likeness (QED) is 0.137. The number of morpholine rings is 1. The lowest BCUT2D eigenvalue weighted by Crippen LogP contribution is -2.38. The Hall–Kier alpha value is -6.77. The molecule has 8 rings (SSSR count). The summed E-state index contributed by atoms with van der Waals surface area (Å²) in [5.41, 5.74) is 3.58. The number of carbonyl (C=O) groups is 2. The van der Waals surface area contributed by atoms with E-state index in [1.165, 1.54) is 38.9 Å². The summed E-state index contributed by atoms with van der Waals surface area (Å²) < 4.78 is 23.3. The maximum atomic E-state index is 12.0. The molecule has 0 radical (unpaired) electrons. The van der Waals surface area contributed by atoms with E-state index in [1.807, 2.05) is 80.1 Å². The number of fused-ring (bicyclic) bond motifs is 1. The first-order valence-electron chi connectivity index (χ1n) is 26.8. The van der Waals surface area contributed by atoms with Crippen LogP contribution < -0.4 is 20.9 Å². The van der Waals surface area contributed by atoms with Gasteiger partial charge < -0.3 is 24.1 Å². The summed E-state index contributed by atoms with van der Waals surface area (Å²) in [5.74, 6) is 2.15. The fourth-order valence-electron chi connectivity index (χ4n) is 7.01. The van der Waals surface area contributed by atoms with Crippen LogP contribution in [0.4, 0.5) is 14.8 Å². The third-order valence-electron chi connectivity index (χ3n) is 11.9. The van der Waals surface area contributed by atoms with Gasteiger partial charge >= 0.3 is 6.09 Å². The molecule has 0 saturated carbocycles. The number of aromatic nitrogens is 4. The molecule has 2 amide bonds. The predicted octanol–water partition coefficient (Wildman–Crippen LogP) is 14.8. The van der Waals surface area contributed by atoms with Gasteiger partial charge in [0.2, 0.25) is 11.8 Å². The number of ether oxygens (including phenoxy) is 3. The van der Waals surface area contributed by atoms with Gasteiger partial charge in [0.25, 0.3) is 5.56 Å². The van der Waals surface area contributed by atoms with Crippen molar-refractivity contribution in [1.82, 2.24) is 24.6 Å². The maximum absolute atomic E-state index is 12.0. The van der Waals surface area contributed by atoms with Gasteiger partial charge in [-0.05, 0) is 84.4 Å². The van der Waals surface area contributed by atoms with Gasteiger partial charge in [0.15, 0.2) is 5.82 Å². The van der Waals surface area contributed by atoms with E-state index < -0.39 is 6.09 Å². The summed E-state index contributed by atoms with van der Waals surface area (Å²) in [6.45, 7) is 37.1. The topological polar surface area (TPSA) is 234 Å². The highest BCUT2D eigenvalue weighted by molar-refractivity contribution is 7.17. The van der Waals surface area contributed by atoms with Crippen molar-refractivity contribution in [2.75, 3.05) is 57.2 Å². The number of thiophene rings is 4. The average Bonchev–Trinajstić information content (AvgIpc) is 4.46. The molecule has 2 N–H and O–H groups in total. The van der Waals surface area contributed by atoms with Gasteiger partial charge in [-0.1, -0.05) is 115 Å². The van der Waals surface area contributed by atoms with Gasteiger partial charge in [0, 0.05) is 57.0 Å². The Kier molecular flexibility index (Phi) is 26.5. The molecule has 7 heterocycles. The highest BCUT2D eigenvalue weighted by Crippen LogP contribution is 2.37. The molecule has 21 heteroatoms. The molecule has 0 unspecified atom stereocenters. The highest BCUT2D eigenvalue weighted by Gasteiger charge is 2.24. The van der Waals surface area contributed by atoms with Crippen molar-refractivity contribution in [3.05, 3.63) is 125 Å². The zero-order chi connectivity index (χ0) is 61.2. The molecule has 1 aliphatic heterocycles. The third-order valence-corrected chi connectivity index (χ3v) is 17.1. The number of hydrogen-bond acceptors (Lipinski definition) is 18. The Morgan fingerprint density at radius 3 is 1.83 bits per heavy atom. The van der Waals surface area contributed by atoms with Crippen LogP contribution in [0.1, 0.15) is 173 Å². The van der Waals surface area contributed by atoms with Crippen molar-refractivity contribution in [2.45, 2.75) is 158 Å². The van der Waals surface area contributed by atoms with Crippen LogP contribution in [0.15, 0.2) is 74.9 Å². The second-order valence-electron chi connectivity index (χ2n) is 24.1. The van der Waals surface area contributed by atoms with Crippen molar-refractivity contribution in [3.8, 4) is 24.0 Å². The number of hydrogen-bond donors (Lipinski definition) is 2. The molecule has 448 valence electrons. The smallest absolute Gasteiger partial charge is 0.412 e. The first-order valence-corrected chi connectivity index (χ1v) is 30.2. The van der Waals surface area contributed by atoms with Gasteiger partial charge in [-0.3, -0.25) is 24.4 Å². The molecule has 83 heavy (non-hydrogen) atoms. The van der Waals surface area contributed by atoms with Crippen molar-refractivity contribution in [3.63, 3.8) is 0 Å². The SMILES string of the molecule is C.CC(C)(C)c1cc(C#N)c(NC(=O)OCCN2CCOCC2)s1.CC(C)(C)c1cc(C#N)cs1.CC(C)(C)n1cnc2ccsc2c1=O.CCC(=O)Nc1sc(C(C)(C)C)cc1C#N.COc1cccc(Cc2nc(C(C)(C)C)no2)c1. The lowest BCUT2D eigenvalue weighted by atomic mass is 9.94. The largest absolute Gasteiger partial charge is 0.497 e. The van der Waals surface area contributed by atoms with Crippen LogP contribution in [0.5, 0.6) is 5.75 Å². The van der Waals surface area contributed by atoms with Crippen LogP contribution >= 0.6 is 45.3 Å². The van der Waals surface area contributed by atoms with Crippen LogP contribution in [-0.4, -0.2) is 83.2 Å². The minimum Gasteiger partial charge on any atom is -0.497 e. The van der Waals surface area contributed by atoms with Gasteiger partial charge in [0.1, 0.15) is 45.3 Å².